The fraction of sp³-hybridized carbons (Fsp3) is 0.353. The number of rotatable bonds is 3. The zero-order chi connectivity index (χ0) is 16.6. The van der Waals surface area contributed by atoms with Crippen LogP contribution in [0.5, 0.6) is 5.88 Å². The molecule has 1 heterocycles. The average Bonchev–Trinajstić information content (AvgIpc) is 2.97. The van der Waals surface area contributed by atoms with Crippen molar-refractivity contribution in [2.24, 2.45) is 5.41 Å². The zero-order valence-electron chi connectivity index (χ0n) is 13.2. The monoisotopic (exact) mass is 315 g/mol. The second kappa shape index (κ2) is 5.53. The summed E-state index contributed by atoms with van der Waals surface area (Å²) in [6.45, 7) is 0. The van der Waals surface area contributed by atoms with Crippen molar-refractivity contribution in [2.75, 3.05) is 21.3 Å². The lowest BCUT2D eigenvalue weighted by Crippen LogP contribution is -2.42. The van der Waals surface area contributed by atoms with Gasteiger partial charge in [-0.15, -0.1) is 0 Å². The third-order valence-corrected chi connectivity index (χ3v) is 4.36. The van der Waals surface area contributed by atoms with Gasteiger partial charge in [-0.3, -0.25) is 9.59 Å². The number of methoxy groups -OCH3 is 3. The van der Waals surface area contributed by atoms with E-state index in [1.54, 1.807) is 13.3 Å². The molecule has 3 rings (SSSR count). The Balaban J connectivity index is 2.09. The van der Waals surface area contributed by atoms with Crippen LogP contribution in [-0.4, -0.2) is 38.3 Å². The summed E-state index contributed by atoms with van der Waals surface area (Å²) in [6, 6.07) is 5.74. The maximum Gasteiger partial charge on any atom is 0.323 e. The molecule has 0 saturated heterocycles. The van der Waals surface area contributed by atoms with Gasteiger partial charge in [-0.2, -0.15) is 0 Å². The summed E-state index contributed by atoms with van der Waals surface area (Å²) in [5.74, 6) is -0.622. The van der Waals surface area contributed by atoms with E-state index in [0.29, 0.717) is 5.88 Å². The van der Waals surface area contributed by atoms with Gasteiger partial charge in [-0.05, 0) is 35.4 Å². The topological polar surface area (TPSA) is 74.7 Å². The molecule has 0 N–H and O–H groups in total. The van der Waals surface area contributed by atoms with Crippen molar-refractivity contribution in [1.29, 1.82) is 0 Å². The SMILES string of the molecule is COC(=O)C1(C(=O)OC)Cc2cc3cnc(OC)cc3cc2C1. The second-order valence-corrected chi connectivity index (χ2v) is 5.61. The highest BCUT2D eigenvalue weighted by molar-refractivity contribution is 6.02. The molecule has 6 heteroatoms. The van der Waals surface area contributed by atoms with Gasteiger partial charge in [0.1, 0.15) is 0 Å². The van der Waals surface area contributed by atoms with E-state index in [0.717, 1.165) is 21.9 Å². The highest BCUT2D eigenvalue weighted by Crippen LogP contribution is 2.41. The van der Waals surface area contributed by atoms with Crippen LogP contribution in [0.3, 0.4) is 0 Å². The summed E-state index contributed by atoms with van der Waals surface area (Å²) in [6.07, 6.45) is 2.25. The minimum absolute atomic E-state index is 0.266. The first-order chi connectivity index (χ1) is 11.0. The van der Waals surface area contributed by atoms with Crippen molar-refractivity contribution in [1.82, 2.24) is 4.98 Å². The first kappa shape index (κ1) is 15.3. The Bertz CT molecular complexity index is 783. The van der Waals surface area contributed by atoms with Crippen LogP contribution in [0.15, 0.2) is 24.4 Å². The molecule has 0 radical (unpaired) electrons. The normalized spacial score (nSPS) is 15.1. The number of ether oxygens (including phenoxy) is 3. The Morgan fingerprint density at radius 1 is 0.957 bits per heavy atom. The van der Waals surface area contributed by atoms with E-state index in [9.17, 15) is 9.59 Å². The number of esters is 2. The molecule has 0 amide bonds. The summed E-state index contributed by atoms with van der Waals surface area (Å²) >= 11 is 0. The number of carbonyl (C=O) groups excluding carboxylic acids is 2. The number of hydrogen-bond acceptors (Lipinski definition) is 6. The Labute approximate surface area is 133 Å². The molecule has 1 aliphatic carbocycles. The summed E-state index contributed by atoms with van der Waals surface area (Å²) in [7, 11) is 4.11. The van der Waals surface area contributed by atoms with E-state index in [-0.39, 0.29) is 12.8 Å². The minimum Gasteiger partial charge on any atom is -0.481 e. The quantitative estimate of drug-likeness (QED) is 0.633. The predicted molar refractivity (Wildman–Crippen MR) is 82.2 cm³/mol. The zero-order valence-corrected chi connectivity index (χ0v) is 13.2. The van der Waals surface area contributed by atoms with Crippen LogP contribution in [0, 0.1) is 5.41 Å². The van der Waals surface area contributed by atoms with E-state index >= 15 is 0 Å². The van der Waals surface area contributed by atoms with E-state index < -0.39 is 17.4 Å². The molecule has 1 aromatic heterocycles. The number of hydrogen-bond donors (Lipinski definition) is 0. The van der Waals surface area contributed by atoms with Gasteiger partial charge in [0.2, 0.25) is 5.88 Å². The largest absolute Gasteiger partial charge is 0.481 e. The Hall–Kier alpha value is -2.63. The Kier molecular flexibility index (Phi) is 3.67. The van der Waals surface area contributed by atoms with Crippen molar-refractivity contribution in [3.05, 3.63) is 35.5 Å². The number of carbonyl (C=O) groups is 2. The molecule has 0 aliphatic heterocycles. The van der Waals surface area contributed by atoms with Crippen molar-refractivity contribution < 1.29 is 23.8 Å². The van der Waals surface area contributed by atoms with Crippen LogP contribution in [0.2, 0.25) is 0 Å². The number of nitrogens with zero attached hydrogens (tertiary/aromatic N) is 1. The number of benzene rings is 1. The lowest BCUT2D eigenvalue weighted by Gasteiger charge is -2.22. The third kappa shape index (κ3) is 2.30. The Morgan fingerprint density at radius 2 is 1.52 bits per heavy atom. The number of pyridine rings is 1. The van der Waals surface area contributed by atoms with Crippen LogP contribution in [0.1, 0.15) is 11.1 Å². The van der Waals surface area contributed by atoms with Crippen LogP contribution in [-0.2, 0) is 31.9 Å². The smallest absolute Gasteiger partial charge is 0.323 e. The molecule has 0 bridgehead atoms. The highest BCUT2D eigenvalue weighted by atomic mass is 16.5. The van der Waals surface area contributed by atoms with E-state index in [2.05, 4.69) is 4.98 Å². The highest BCUT2D eigenvalue weighted by Gasteiger charge is 2.52. The van der Waals surface area contributed by atoms with Gasteiger partial charge < -0.3 is 14.2 Å². The summed E-state index contributed by atoms with van der Waals surface area (Å²) < 4.78 is 14.8. The van der Waals surface area contributed by atoms with Crippen LogP contribution < -0.4 is 4.74 Å². The first-order valence-corrected chi connectivity index (χ1v) is 7.16. The first-order valence-electron chi connectivity index (χ1n) is 7.16. The molecule has 1 aromatic carbocycles. The van der Waals surface area contributed by atoms with Crippen molar-refractivity contribution >= 4 is 22.7 Å². The molecule has 0 atom stereocenters. The minimum atomic E-state index is -1.30. The standard InChI is InChI=1S/C17H17NO5/c1-21-14-6-10-4-11-7-17(15(19)22-2,16(20)23-3)8-12(11)5-13(10)9-18-14/h4-6,9H,7-8H2,1-3H3. The fourth-order valence-electron chi connectivity index (χ4n) is 3.18. The molecule has 6 nitrogen and oxygen atoms in total. The average molecular weight is 315 g/mol. The molecule has 0 saturated carbocycles. The van der Waals surface area contributed by atoms with Crippen molar-refractivity contribution in [3.63, 3.8) is 0 Å². The van der Waals surface area contributed by atoms with E-state index in [4.69, 9.17) is 14.2 Å². The van der Waals surface area contributed by atoms with Crippen molar-refractivity contribution in [3.8, 4) is 5.88 Å². The molecular formula is C17H17NO5. The maximum absolute atomic E-state index is 12.2. The molecule has 0 unspecified atom stereocenters. The van der Waals surface area contributed by atoms with Gasteiger partial charge in [0.15, 0.2) is 5.41 Å². The summed E-state index contributed by atoms with van der Waals surface area (Å²) in [4.78, 5) is 28.7. The molecule has 23 heavy (non-hydrogen) atoms. The van der Waals surface area contributed by atoms with E-state index in [1.165, 1.54) is 14.2 Å². The van der Waals surface area contributed by atoms with Gasteiger partial charge in [-0.25, -0.2) is 4.98 Å². The maximum atomic E-state index is 12.2. The van der Waals surface area contributed by atoms with Gasteiger partial charge in [-0.1, -0.05) is 6.07 Å². The molecule has 2 aromatic rings. The van der Waals surface area contributed by atoms with Crippen LogP contribution in [0.4, 0.5) is 0 Å². The van der Waals surface area contributed by atoms with Crippen LogP contribution >= 0.6 is 0 Å². The van der Waals surface area contributed by atoms with Gasteiger partial charge in [0, 0.05) is 17.6 Å². The molecule has 0 spiro atoms. The lowest BCUT2D eigenvalue weighted by molar-refractivity contribution is -0.168. The number of fused-ring (bicyclic) bond motifs is 2. The van der Waals surface area contributed by atoms with Gasteiger partial charge in [0.05, 0.1) is 21.3 Å². The lowest BCUT2D eigenvalue weighted by atomic mass is 9.85. The molecule has 1 aliphatic rings. The third-order valence-electron chi connectivity index (χ3n) is 4.36. The number of aromatic nitrogens is 1. The van der Waals surface area contributed by atoms with Crippen molar-refractivity contribution in [2.45, 2.75) is 12.8 Å². The fourth-order valence-corrected chi connectivity index (χ4v) is 3.18. The molecule has 0 fully saturated rings. The Morgan fingerprint density at radius 3 is 2.04 bits per heavy atom. The molecule has 120 valence electrons. The van der Waals surface area contributed by atoms with E-state index in [1.807, 2.05) is 18.2 Å². The summed E-state index contributed by atoms with van der Waals surface area (Å²) in [5, 5.41) is 1.87. The second-order valence-electron chi connectivity index (χ2n) is 5.61. The molecular weight excluding hydrogens is 298 g/mol. The summed E-state index contributed by atoms with van der Waals surface area (Å²) in [5.41, 5.74) is 0.558. The van der Waals surface area contributed by atoms with Gasteiger partial charge >= 0.3 is 11.9 Å². The predicted octanol–water partition coefficient (Wildman–Crippen LogP) is 1.67. The van der Waals surface area contributed by atoms with Gasteiger partial charge in [0.25, 0.3) is 0 Å². The van der Waals surface area contributed by atoms with Crippen LogP contribution in [0.25, 0.3) is 10.8 Å².